The lowest BCUT2D eigenvalue weighted by atomic mass is 10.1. The lowest BCUT2D eigenvalue weighted by Crippen LogP contribution is -2.56. The number of hydrogen-bond donors (Lipinski definition) is 1. The summed E-state index contributed by atoms with van der Waals surface area (Å²) in [6.07, 6.45) is 1.11. The van der Waals surface area contributed by atoms with Crippen LogP contribution >= 0.6 is 0 Å². The molecule has 0 spiro atoms. The van der Waals surface area contributed by atoms with Gasteiger partial charge in [0.2, 0.25) is 6.41 Å². The maximum atomic E-state index is 12.2. The van der Waals surface area contributed by atoms with Crippen molar-refractivity contribution in [3.63, 3.8) is 0 Å². The van der Waals surface area contributed by atoms with Crippen LogP contribution in [0.5, 0.6) is 0 Å². The van der Waals surface area contributed by atoms with Gasteiger partial charge in [0.15, 0.2) is 0 Å². The van der Waals surface area contributed by atoms with E-state index in [2.05, 4.69) is 5.32 Å². The molecule has 0 unspecified atom stereocenters. The van der Waals surface area contributed by atoms with Crippen LogP contribution in [0.4, 0.5) is 9.59 Å². The zero-order valence-electron chi connectivity index (χ0n) is 12.7. The van der Waals surface area contributed by atoms with E-state index in [1.165, 1.54) is 0 Å². The van der Waals surface area contributed by atoms with Crippen LogP contribution in [-0.2, 0) is 4.79 Å². The second-order valence-electron chi connectivity index (χ2n) is 5.73. The minimum absolute atomic E-state index is 0.300. The predicted molar refractivity (Wildman–Crippen MR) is 73.7 cm³/mol. The van der Waals surface area contributed by atoms with E-state index in [-0.39, 0.29) is 6.04 Å². The van der Waals surface area contributed by atoms with Crippen molar-refractivity contribution in [3.05, 3.63) is 0 Å². The highest BCUT2D eigenvalue weighted by atomic mass is 16.2. The molecule has 19 heavy (non-hydrogen) atoms. The first-order valence-electron chi connectivity index (χ1n) is 6.51. The molecule has 0 rings (SSSR count). The van der Waals surface area contributed by atoms with E-state index in [0.717, 1.165) is 9.80 Å². The fourth-order valence-corrected chi connectivity index (χ4v) is 1.50. The molecule has 0 bridgehead atoms. The van der Waals surface area contributed by atoms with Crippen LogP contribution in [0.2, 0.25) is 0 Å². The summed E-state index contributed by atoms with van der Waals surface area (Å²) in [7, 11) is 0. The quantitative estimate of drug-likeness (QED) is 0.797. The summed E-state index contributed by atoms with van der Waals surface area (Å²) >= 11 is 0. The number of amides is 5. The van der Waals surface area contributed by atoms with Gasteiger partial charge in [0, 0.05) is 18.1 Å². The van der Waals surface area contributed by atoms with Crippen LogP contribution in [0.1, 0.15) is 48.0 Å². The Hall–Kier alpha value is -1.59. The van der Waals surface area contributed by atoms with E-state index >= 15 is 0 Å². The number of imide groups is 2. The van der Waals surface area contributed by atoms with E-state index in [0.29, 0.717) is 19.4 Å². The normalized spacial score (nSPS) is 11.1. The molecule has 110 valence electrons. The minimum atomic E-state index is -0.589. The van der Waals surface area contributed by atoms with Crippen molar-refractivity contribution in [1.29, 1.82) is 0 Å². The van der Waals surface area contributed by atoms with Crippen molar-refractivity contribution >= 4 is 18.5 Å². The Kier molecular flexibility index (Phi) is 6.52. The van der Waals surface area contributed by atoms with Gasteiger partial charge < -0.3 is 5.32 Å². The van der Waals surface area contributed by atoms with E-state index in [9.17, 15) is 14.4 Å². The van der Waals surface area contributed by atoms with Gasteiger partial charge in [-0.3, -0.25) is 9.69 Å². The van der Waals surface area contributed by atoms with Gasteiger partial charge in [0.25, 0.3) is 0 Å². The number of rotatable bonds is 4. The molecule has 6 heteroatoms. The molecule has 1 N–H and O–H groups in total. The molecule has 0 atom stereocenters. The summed E-state index contributed by atoms with van der Waals surface area (Å²) in [5.41, 5.74) is -0.443. The summed E-state index contributed by atoms with van der Waals surface area (Å²) in [5, 5.41) is 2.73. The second kappa shape index (κ2) is 7.11. The van der Waals surface area contributed by atoms with Gasteiger partial charge in [0.1, 0.15) is 0 Å². The number of nitrogens with one attached hydrogen (secondary N) is 1. The van der Waals surface area contributed by atoms with Gasteiger partial charge in [-0.1, -0.05) is 6.92 Å². The molecule has 0 aromatic rings. The van der Waals surface area contributed by atoms with Crippen LogP contribution in [0.3, 0.4) is 0 Å². The molecule has 0 radical (unpaired) electrons. The van der Waals surface area contributed by atoms with E-state index in [1.807, 2.05) is 27.7 Å². The first-order chi connectivity index (χ1) is 8.64. The largest absolute Gasteiger partial charge is 0.334 e. The maximum absolute atomic E-state index is 12.2. The van der Waals surface area contributed by atoms with Crippen molar-refractivity contribution in [2.45, 2.75) is 59.5 Å². The summed E-state index contributed by atoms with van der Waals surface area (Å²) < 4.78 is 0. The molecule has 0 aliphatic rings. The van der Waals surface area contributed by atoms with Gasteiger partial charge in [-0.05, 0) is 41.0 Å². The Morgan fingerprint density at radius 3 is 2.11 bits per heavy atom. The molecule has 0 aromatic heterocycles. The Morgan fingerprint density at radius 2 is 1.79 bits per heavy atom. The molecule has 5 amide bonds. The topological polar surface area (TPSA) is 69.7 Å². The van der Waals surface area contributed by atoms with Gasteiger partial charge in [-0.2, -0.15) is 0 Å². The van der Waals surface area contributed by atoms with Gasteiger partial charge in [0.05, 0.1) is 0 Å². The van der Waals surface area contributed by atoms with E-state index in [4.69, 9.17) is 0 Å². The van der Waals surface area contributed by atoms with Gasteiger partial charge >= 0.3 is 12.1 Å². The van der Waals surface area contributed by atoms with Crippen LogP contribution in [0.15, 0.2) is 0 Å². The van der Waals surface area contributed by atoms with Crippen LogP contribution in [0.25, 0.3) is 0 Å². The minimum Gasteiger partial charge on any atom is -0.333 e. The van der Waals surface area contributed by atoms with Crippen molar-refractivity contribution in [3.8, 4) is 0 Å². The van der Waals surface area contributed by atoms with Crippen LogP contribution in [-0.4, -0.2) is 46.4 Å². The summed E-state index contributed by atoms with van der Waals surface area (Å²) in [6, 6.07) is -1.40. The zero-order valence-corrected chi connectivity index (χ0v) is 12.7. The van der Waals surface area contributed by atoms with Crippen molar-refractivity contribution in [2.75, 3.05) is 6.54 Å². The molecular weight excluding hydrogens is 246 g/mol. The monoisotopic (exact) mass is 271 g/mol. The fraction of sp³-hybridized carbons (Fsp3) is 0.769. The Balaban J connectivity index is 5.05. The van der Waals surface area contributed by atoms with Gasteiger partial charge in [-0.25, -0.2) is 14.5 Å². The molecule has 0 aliphatic carbocycles. The Labute approximate surface area is 115 Å². The smallest absolute Gasteiger partial charge is 0.333 e. The summed E-state index contributed by atoms with van der Waals surface area (Å²) in [5.74, 6) is 0. The van der Waals surface area contributed by atoms with Gasteiger partial charge in [-0.15, -0.1) is 0 Å². The standard InChI is InChI=1S/C13H25N3O3/c1-7-8-15(9-17)12(19)16(10(2)3)11(18)14-13(4,5)6/h9-10H,7-8H2,1-6H3,(H,14,18). The molecular formula is C13H25N3O3. The molecule has 0 fully saturated rings. The average molecular weight is 271 g/mol. The number of carbonyl (C=O) groups excluding carboxylic acids is 3. The van der Waals surface area contributed by atoms with E-state index < -0.39 is 17.6 Å². The zero-order chi connectivity index (χ0) is 15.2. The number of hydrogen-bond acceptors (Lipinski definition) is 3. The SMILES string of the molecule is CCCN(C=O)C(=O)N(C(=O)NC(C)(C)C)C(C)C. The molecule has 0 saturated heterocycles. The van der Waals surface area contributed by atoms with Crippen molar-refractivity contribution in [2.24, 2.45) is 0 Å². The molecule has 0 aromatic carbocycles. The summed E-state index contributed by atoms with van der Waals surface area (Å²) in [6.45, 7) is 11.1. The number of carbonyl (C=O) groups is 3. The summed E-state index contributed by atoms with van der Waals surface area (Å²) in [4.78, 5) is 37.3. The van der Waals surface area contributed by atoms with Crippen molar-refractivity contribution < 1.29 is 14.4 Å². The average Bonchev–Trinajstić information content (AvgIpc) is 2.22. The third-order valence-corrected chi connectivity index (χ3v) is 2.26. The number of urea groups is 2. The fourth-order valence-electron chi connectivity index (χ4n) is 1.50. The third-order valence-electron chi connectivity index (χ3n) is 2.26. The highest BCUT2D eigenvalue weighted by molar-refractivity contribution is 5.97. The maximum Gasteiger partial charge on any atom is 0.334 e. The lowest BCUT2D eigenvalue weighted by molar-refractivity contribution is -0.116. The van der Waals surface area contributed by atoms with E-state index in [1.54, 1.807) is 13.8 Å². The first-order valence-corrected chi connectivity index (χ1v) is 6.51. The Bertz CT molecular complexity index is 335. The third kappa shape index (κ3) is 5.72. The molecule has 0 heterocycles. The number of nitrogens with zero attached hydrogens (tertiary/aromatic N) is 2. The molecule has 6 nitrogen and oxygen atoms in total. The predicted octanol–water partition coefficient (Wildman–Crippen LogP) is 2.19. The van der Waals surface area contributed by atoms with Crippen molar-refractivity contribution in [1.82, 2.24) is 15.1 Å². The highest BCUT2D eigenvalue weighted by Crippen LogP contribution is 2.08. The molecule has 0 aliphatic heterocycles. The highest BCUT2D eigenvalue weighted by Gasteiger charge is 2.30. The van der Waals surface area contributed by atoms with Crippen LogP contribution in [0, 0.1) is 0 Å². The first kappa shape index (κ1) is 17.4. The van der Waals surface area contributed by atoms with Crippen LogP contribution < -0.4 is 5.32 Å². The lowest BCUT2D eigenvalue weighted by Gasteiger charge is -2.31. The Morgan fingerprint density at radius 1 is 1.26 bits per heavy atom. The second-order valence-corrected chi connectivity index (χ2v) is 5.73. The molecule has 0 saturated carbocycles.